The number of fused-ring (bicyclic) bond motifs is 1. The van der Waals surface area contributed by atoms with Crippen molar-refractivity contribution >= 4 is 28.5 Å². The van der Waals surface area contributed by atoms with Crippen molar-refractivity contribution in [3.05, 3.63) is 87.6 Å². The number of para-hydroxylation sites is 1. The molecule has 6 nitrogen and oxygen atoms in total. The molecule has 1 aromatic heterocycles. The molecule has 6 heteroatoms. The Labute approximate surface area is 215 Å². The summed E-state index contributed by atoms with van der Waals surface area (Å²) in [6.07, 6.45) is 4.81. The average Bonchev–Trinajstić information content (AvgIpc) is 3.65. The van der Waals surface area contributed by atoms with Crippen LogP contribution in [-0.4, -0.2) is 16.9 Å². The van der Waals surface area contributed by atoms with Gasteiger partial charge in [0.05, 0.1) is 0 Å². The molecule has 0 fully saturated rings. The topological polar surface area (TPSA) is 88.3 Å². The van der Waals surface area contributed by atoms with Crippen molar-refractivity contribution in [3.8, 4) is 5.75 Å². The lowest BCUT2D eigenvalue weighted by Crippen LogP contribution is -2.25. The maximum absolute atomic E-state index is 13.2. The lowest BCUT2D eigenvalue weighted by atomic mass is 9.79. The summed E-state index contributed by atoms with van der Waals surface area (Å²) in [6.45, 7) is 16.3. The van der Waals surface area contributed by atoms with Gasteiger partial charge in [-0.05, 0) is 34.6 Å². The number of aromatic amines is 1. The molecule has 1 amide bonds. The van der Waals surface area contributed by atoms with E-state index >= 15 is 0 Å². The van der Waals surface area contributed by atoms with E-state index in [-0.39, 0.29) is 24.7 Å². The second-order valence-corrected chi connectivity index (χ2v) is 10.6. The summed E-state index contributed by atoms with van der Waals surface area (Å²) >= 11 is 0. The summed E-state index contributed by atoms with van der Waals surface area (Å²) < 4.78 is 5.72. The number of carbonyl (C=O) groups is 2. The number of benzene rings is 2. The van der Waals surface area contributed by atoms with Crippen LogP contribution in [0.4, 0.5) is 5.69 Å². The standard InChI is InChI=1S/C28H29N2O4.C2H6.2H2/c1-27(2,3)19-13-20(28(4,5)6)23(34-26(33)16-11-12-16)14-22(19)30-25(32)18-15-29-21-10-8-7-9-17(21)24(18)31;1-2;;/h7-15H,1-6H3,(H,29,31)(H,30,32);1-2H3;2*1H. The van der Waals surface area contributed by atoms with E-state index in [1.165, 1.54) is 6.20 Å². The number of rotatable bonds is 4. The summed E-state index contributed by atoms with van der Waals surface area (Å²) in [5.41, 5.74) is 2.43. The molecule has 1 radical (unpaired) electrons. The van der Waals surface area contributed by atoms with E-state index in [1.807, 2.05) is 67.5 Å². The third-order valence-corrected chi connectivity index (χ3v) is 5.79. The SMILES string of the molecule is CC.CC(C)(C)c1cc(C(C)(C)C)c(OC(=O)C2=C[CH]2)cc1NC(=O)c1c[nH]c2ccccc2c1=O.[HH].[HH]. The minimum absolute atomic E-state index is 0. The molecule has 36 heavy (non-hydrogen) atoms. The monoisotopic (exact) mass is 491 g/mol. The highest BCUT2D eigenvalue weighted by Gasteiger charge is 2.29. The first-order valence-electron chi connectivity index (χ1n) is 12.2. The summed E-state index contributed by atoms with van der Waals surface area (Å²) in [6, 6.07) is 10.7. The van der Waals surface area contributed by atoms with Crippen LogP contribution in [0.3, 0.4) is 0 Å². The fraction of sp³-hybridized carbons (Fsp3) is 0.333. The number of ether oxygens (including phenoxy) is 1. The third kappa shape index (κ3) is 5.76. The Hall–Kier alpha value is -3.67. The van der Waals surface area contributed by atoms with Crippen molar-refractivity contribution in [2.75, 3.05) is 5.32 Å². The van der Waals surface area contributed by atoms with E-state index < -0.39 is 11.9 Å². The molecule has 1 heterocycles. The fourth-order valence-corrected chi connectivity index (χ4v) is 3.84. The maximum Gasteiger partial charge on any atom is 0.339 e. The summed E-state index contributed by atoms with van der Waals surface area (Å²) in [5, 5.41) is 3.35. The fourth-order valence-electron chi connectivity index (χ4n) is 3.84. The molecule has 2 N–H and O–H groups in total. The lowest BCUT2D eigenvalue weighted by molar-refractivity contribution is -0.129. The van der Waals surface area contributed by atoms with Gasteiger partial charge in [-0.25, -0.2) is 4.79 Å². The molecule has 0 aliphatic heterocycles. The number of anilines is 1. The van der Waals surface area contributed by atoms with Crippen molar-refractivity contribution in [1.82, 2.24) is 4.98 Å². The number of hydrogen-bond donors (Lipinski definition) is 2. The molecule has 0 bridgehead atoms. The highest BCUT2D eigenvalue weighted by Crippen LogP contribution is 2.41. The maximum atomic E-state index is 13.2. The average molecular weight is 492 g/mol. The van der Waals surface area contributed by atoms with Crippen LogP contribution in [0.2, 0.25) is 0 Å². The van der Waals surface area contributed by atoms with Crippen LogP contribution in [0.1, 0.15) is 79.7 Å². The Bertz CT molecular complexity index is 1410. The van der Waals surface area contributed by atoms with Gasteiger partial charge in [-0.3, -0.25) is 9.59 Å². The van der Waals surface area contributed by atoms with Crippen molar-refractivity contribution < 1.29 is 17.2 Å². The van der Waals surface area contributed by atoms with Crippen LogP contribution >= 0.6 is 0 Å². The zero-order chi connectivity index (χ0) is 26.8. The van der Waals surface area contributed by atoms with Crippen LogP contribution in [0.25, 0.3) is 10.9 Å². The van der Waals surface area contributed by atoms with Crippen molar-refractivity contribution in [2.24, 2.45) is 0 Å². The number of carbonyl (C=O) groups excluding carboxylic acids is 2. The predicted octanol–water partition coefficient (Wildman–Crippen LogP) is 6.94. The molecule has 0 saturated heterocycles. The van der Waals surface area contributed by atoms with Crippen LogP contribution < -0.4 is 15.5 Å². The Kier molecular flexibility index (Phi) is 7.58. The van der Waals surface area contributed by atoms with Crippen molar-refractivity contribution in [3.63, 3.8) is 0 Å². The molecular weight excluding hydrogens is 452 g/mol. The van der Waals surface area contributed by atoms with Gasteiger partial charge < -0.3 is 15.0 Å². The lowest BCUT2D eigenvalue weighted by Gasteiger charge is -2.29. The molecule has 0 saturated carbocycles. The second-order valence-electron chi connectivity index (χ2n) is 10.6. The smallest absolute Gasteiger partial charge is 0.339 e. The summed E-state index contributed by atoms with van der Waals surface area (Å²) in [5.74, 6) is -0.580. The van der Waals surface area contributed by atoms with Crippen molar-refractivity contribution in [2.45, 2.75) is 66.2 Å². The molecular formula is C30H39N2O4. The molecule has 1 aliphatic rings. The van der Waals surface area contributed by atoms with Crippen LogP contribution in [0, 0.1) is 6.42 Å². The molecule has 0 unspecified atom stereocenters. The van der Waals surface area contributed by atoms with Gasteiger partial charge in [-0.1, -0.05) is 73.6 Å². The first-order valence-corrected chi connectivity index (χ1v) is 12.2. The molecule has 0 atom stereocenters. The Morgan fingerprint density at radius 3 is 2.14 bits per heavy atom. The van der Waals surface area contributed by atoms with E-state index in [4.69, 9.17) is 4.74 Å². The van der Waals surface area contributed by atoms with E-state index in [2.05, 4.69) is 10.3 Å². The minimum atomic E-state index is -0.531. The molecule has 2 aromatic carbocycles. The van der Waals surface area contributed by atoms with Gasteiger partial charge >= 0.3 is 5.97 Å². The van der Waals surface area contributed by atoms with E-state index in [1.54, 1.807) is 36.8 Å². The van der Waals surface area contributed by atoms with Gasteiger partial charge in [0.1, 0.15) is 11.3 Å². The number of nitrogens with one attached hydrogen (secondary N) is 2. The highest BCUT2D eigenvalue weighted by molar-refractivity contribution is 6.06. The first-order chi connectivity index (χ1) is 16.9. The zero-order valence-electron chi connectivity index (χ0n) is 22.3. The highest BCUT2D eigenvalue weighted by atomic mass is 16.5. The van der Waals surface area contributed by atoms with E-state index in [9.17, 15) is 14.4 Å². The number of esters is 1. The van der Waals surface area contributed by atoms with Gasteiger partial charge in [-0.15, -0.1) is 0 Å². The number of allylic oxidation sites excluding steroid dienone is 1. The predicted molar refractivity (Wildman–Crippen MR) is 150 cm³/mol. The van der Waals surface area contributed by atoms with Crippen LogP contribution in [-0.2, 0) is 15.6 Å². The number of aromatic nitrogens is 1. The Morgan fingerprint density at radius 2 is 1.56 bits per heavy atom. The normalized spacial score (nSPS) is 12.8. The Morgan fingerprint density at radius 1 is 0.944 bits per heavy atom. The minimum Gasteiger partial charge on any atom is -0.423 e. The first kappa shape index (κ1) is 26.9. The molecule has 193 valence electrons. The van der Waals surface area contributed by atoms with E-state index in [0.717, 1.165) is 11.1 Å². The van der Waals surface area contributed by atoms with Crippen LogP contribution in [0.15, 0.2) is 59.0 Å². The molecule has 1 aliphatic carbocycles. The van der Waals surface area contributed by atoms with Gasteiger partial charge in [-0.2, -0.15) is 0 Å². The second kappa shape index (κ2) is 10.1. The quantitative estimate of drug-likeness (QED) is 0.305. The third-order valence-electron chi connectivity index (χ3n) is 5.79. The number of amides is 1. The zero-order valence-corrected chi connectivity index (χ0v) is 22.3. The molecule has 0 spiro atoms. The number of pyridine rings is 1. The van der Waals surface area contributed by atoms with Crippen LogP contribution in [0.5, 0.6) is 5.75 Å². The van der Waals surface area contributed by atoms with E-state index in [0.29, 0.717) is 27.9 Å². The summed E-state index contributed by atoms with van der Waals surface area (Å²) in [4.78, 5) is 41.6. The summed E-state index contributed by atoms with van der Waals surface area (Å²) in [7, 11) is 0. The largest absolute Gasteiger partial charge is 0.423 e. The van der Waals surface area contributed by atoms with Gasteiger partial charge in [0.25, 0.3) is 5.91 Å². The molecule has 4 rings (SSSR count). The van der Waals surface area contributed by atoms with Gasteiger partial charge in [0.2, 0.25) is 5.43 Å². The number of H-pyrrole nitrogens is 1. The number of hydrogen-bond acceptors (Lipinski definition) is 4. The Balaban J connectivity index is 0.00000176. The van der Waals surface area contributed by atoms with Gasteiger partial charge in [0, 0.05) is 49.3 Å². The van der Waals surface area contributed by atoms with Gasteiger partial charge in [0.15, 0.2) is 0 Å². The van der Waals surface area contributed by atoms with Crippen molar-refractivity contribution in [1.29, 1.82) is 0 Å². The molecule has 3 aromatic rings.